The van der Waals surface area contributed by atoms with Crippen molar-refractivity contribution in [2.75, 3.05) is 0 Å². The Morgan fingerprint density at radius 3 is 2.36 bits per heavy atom. The van der Waals surface area contributed by atoms with E-state index in [1.54, 1.807) is 0 Å². The third kappa shape index (κ3) is 8.09. The predicted molar refractivity (Wildman–Crippen MR) is 59.2 cm³/mol. The van der Waals surface area contributed by atoms with Gasteiger partial charge >= 0.3 is 5.97 Å². The zero-order chi connectivity index (χ0) is 10.8. The lowest BCUT2D eigenvalue weighted by Gasteiger charge is -2.12. The molecule has 0 unspecified atom stereocenters. The van der Waals surface area contributed by atoms with Gasteiger partial charge in [0.15, 0.2) is 0 Å². The summed E-state index contributed by atoms with van der Waals surface area (Å²) in [7, 11) is 0. The number of carbonyl (C=O) groups excluding carboxylic acids is 1. The van der Waals surface area contributed by atoms with Gasteiger partial charge in [-0.15, -0.1) is 0 Å². The molecule has 0 aliphatic heterocycles. The first-order chi connectivity index (χ1) is 6.70. The number of hydrogen-bond acceptors (Lipinski definition) is 2. The molecule has 0 saturated carbocycles. The van der Waals surface area contributed by atoms with Crippen molar-refractivity contribution in [1.29, 1.82) is 0 Å². The quantitative estimate of drug-likeness (QED) is 0.441. The minimum Gasteiger partial charge on any atom is -0.463 e. The second-order valence-electron chi connectivity index (χ2n) is 3.90. The fourth-order valence-corrected chi connectivity index (χ4v) is 1.35. The van der Waals surface area contributed by atoms with Crippen molar-refractivity contribution in [3.05, 3.63) is 0 Å². The van der Waals surface area contributed by atoms with Crippen LogP contribution in [-0.2, 0) is 9.53 Å². The van der Waals surface area contributed by atoms with Gasteiger partial charge in [-0.2, -0.15) is 0 Å². The lowest BCUT2D eigenvalue weighted by atomic mass is 10.2. The van der Waals surface area contributed by atoms with Crippen LogP contribution in [0.1, 0.15) is 65.7 Å². The van der Waals surface area contributed by atoms with Gasteiger partial charge in [-0.25, -0.2) is 0 Å². The van der Waals surface area contributed by atoms with Gasteiger partial charge in [-0.05, 0) is 19.8 Å². The van der Waals surface area contributed by atoms with Gasteiger partial charge in [-0.1, -0.05) is 39.5 Å². The monoisotopic (exact) mass is 200 g/mol. The largest absolute Gasteiger partial charge is 0.463 e. The van der Waals surface area contributed by atoms with Gasteiger partial charge in [0.25, 0.3) is 0 Å². The normalized spacial score (nSPS) is 12.5. The summed E-state index contributed by atoms with van der Waals surface area (Å²) in [5, 5.41) is 0. The van der Waals surface area contributed by atoms with E-state index >= 15 is 0 Å². The van der Waals surface area contributed by atoms with Crippen molar-refractivity contribution in [2.24, 2.45) is 0 Å². The van der Waals surface area contributed by atoms with Crippen LogP contribution >= 0.6 is 0 Å². The summed E-state index contributed by atoms with van der Waals surface area (Å²) < 4.78 is 5.26. The Kier molecular flexibility index (Phi) is 8.70. The SMILES string of the molecule is CCCCCC(=O)O[C@@H](C)CCCC. The predicted octanol–water partition coefficient (Wildman–Crippen LogP) is 3.69. The van der Waals surface area contributed by atoms with Crippen LogP contribution in [0.2, 0.25) is 0 Å². The fraction of sp³-hybridized carbons (Fsp3) is 0.917. The number of unbranched alkanes of at least 4 members (excludes halogenated alkanes) is 3. The van der Waals surface area contributed by atoms with Crippen LogP contribution in [0.5, 0.6) is 0 Å². The van der Waals surface area contributed by atoms with E-state index in [1.165, 1.54) is 0 Å². The summed E-state index contributed by atoms with van der Waals surface area (Å²) in [6.45, 7) is 6.26. The molecule has 0 heterocycles. The molecule has 0 radical (unpaired) electrons. The highest BCUT2D eigenvalue weighted by Crippen LogP contribution is 2.07. The van der Waals surface area contributed by atoms with Crippen LogP contribution in [-0.4, -0.2) is 12.1 Å². The molecule has 0 spiro atoms. The molecule has 0 aliphatic carbocycles. The van der Waals surface area contributed by atoms with Crippen LogP contribution < -0.4 is 0 Å². The van der Waals surface area contributed by atoms with Crippen molar-refractivity contribution in [3.8, 4) is 0 Å². The van der Waals surface area contributed by atoms with Gasteiger partial charge in [-0.3, -0.25) is 4.79 Å². The molecule has 0 rings (SSSR count). The third-order valence-corrected chi connectivity index (χ3v) is 2.28. The number of carbonyl (C=O) groups is 1. The van der Waals surface area contributed by atoms with Crippen LogP contribution in [0.25, 0.3) is 0 Å². The molecule has 0 aliphatic rings. The van der Waals surface area contributed by atoms with E-state index in [4.69, 9.17) is 4.74 Å². The summed E-state index contributed by atoms with van der Waals surface area (Å²) in [5.74, 6) is -0.0259. The summed E-state index contributed by atoms with van der Waals surface area (Å²) in [6, 6.07) is 0. The number of esters is 1. The molecule has 0 aromatic heterocycles. The summed E-state index contributed by atoms with van der Waals surface area (Å²) >= 11 is 0. The summed E-state index contributed by atoms with van der Waals surface area (Å²) in [4.78, 5) is 11.3. The summed E-state index contributed by atoms with van der Waals surface area (Å²) in [6.07, 6.45) is 7.23. The molecule has 0 saturated heterocycles. The van der Waals surface area contributed by atoms with Crippen LogP contribution in [0.15, 0.2) is 0 Å². The van der Waals surface area contributed by atoms with Gasteiger partial charge in [0.1, 0.15) is 0 Å². The highest BCUT2D eigenvalue weighted by Gasteiger charge is 2.07. The van der Waals surface area contributed by atoms with Gasteiger partial charge < -0.3 is 4.74 Å². The molecule has 0 aromatic rings. The van der Waals surface area contributed by atoms with Crippen molar-refractivity contribution >= 4 is 5.97 Å². The topological polar surface area (TPSA) is 26.3 Å². The van der Waals surface area contributed by atoms with Crippen LogP contribution in [0.4, 0.5) is 0 Å². The lowest BCUT2D eigenvalue weighted by molar-refractivity contribution is -0.148. The van der Waals surface area contributed by atoms with Crippen LogP contribution in [0.3, 0.4) is 0 Å². The van der Waals surface area contributed by atoms with Crippen molar-refractivity contribution in [2.45, 2.75) is 71.8 Å². The molecule has 0 bridgehead atoms. The molecule has 0 fully saturated rings. The Balaban J connectivity index is 3.40. The van der Waals surface area contributed by atoms with E-state index in [9.17, 15) is 4.79 Å². The van der Waals surface area contributed by atoms with E-state index in [0.717, 1.165) is 38.5 Å². The molecule has 2 nitrogen and oxygen atoms in total. The Bertz CT molecular complexity index is 143. The molecule has 14 heavy (non-hydrogen) atoms. The van der Waals surface area contributed by atoms with Gasteiger partial charge in [0.2, 0.25) is 0 Å². The van der Waals surface area contributed by atoms with Crippen molar-refractivity contribution in [1.82, 2.24) is 0 Å². The smallest absolute Gasteiger partial charge is 0.306 e. The van der Waals surface area contributed by atoms with E-state index < -0.39 is 0 Å². The van der Waals surface area contributed by atoms with Crippen molar-refractivity contribution < 1.29 is 9.53 Å². The maximum atomic E-state index is 11.3. The first-order valence-electron chi connectivity index (χ1n) is 5.90. The standard InChI is InChI=1S/C12H24O2/c1-4-6-8-10-12(13)14-11(3)9-7-5-2/h11H,4-10H2,1-3H3/t11-/m0/s1. The number of ether oxygens (including phenoxy) is 1. The fourth-order valence-electron chi connectivity index (χ4n) is 1.35. The average molecular weight is 200 g/mol. The van der Waals surface area contributed by atoms with Gasteiger partial charge in [0, 0.05) is 6.42 Å². The minimum absolute atomic E-state index is 0.0259. The first-order valence-corrected chi connectivity index (χ1v) is 5.90. The van der Waals surface area contributed by atoms with E-state index in [1.807, 2.05) is 6.92 Å². The Morgan fingerprint density at radius 1 is 1.14 bits per heavy atom. The molecular formula is C12H24O2. The van der Waals surface area contributed by atoms with E-state index in [0.29, 0.717) is 6.42 Å². The molecule has 0 aromatic carbocycles. The maximum absolute atomic E-state index is 11.3. The Hall–Kier alpha value is -0.530. The van der Waals surface area contributed by atoms with E-state index in [2.05, 4.69) is 13.8 Å². The zero-order valence-electron chi connectivity index (χ0n) is 9.84. The minimum atomic E-state index is -0.0259. The molecule has 84 valence electrons. The lowest BCUT2D eigenvalue weighted by Crippen LogP contribution is -2.14. The second kappa shape index (κ2) is 9.04. The molecular weight excluding hydrogens is 176 g/mol. The second-order valence-corrected chi connectivity index (χ2v) is 3.90. The number of rotatable bonds is 8. The van der Waals surface area contributed by atoms with Crippen LogP contribution in [0, 0.1) is 0 Å². The number of hydrogen-bond donors (Lipinski definition) is 0. The average Bonchev–Trinajstić information content (AvgIpc) is 2.15. The highest BCUT2D eigenvalue weighted by molar-refractivity contribution is 5.69. The van der Waals surface area contributed by atoms with Gasteiger partial charge in [0.05, 0.1) is 6.10 Å². The zero-order valence-corrected chi connectivity index (χ0v) is 9.84. The third-order valence-electron chi connectivity index (χ3n) is 2.28. The summed E-state index contributed by atoms with van der Waals surface area (Å²) in [5.41, 5.74) is 0. The van der Waals surface area contributed by atoms with E-state index in [-0.39, 0.29) is 12.1 Å². The molecule has 0 amide bonds. The highest BCUT2D eigenvalue weighted by atomic mass is 16.5. The molecule has 1 atom stereocenters. The Morgan fingerprint density at radius 2 is 1.79 bits per heavy atom. The molecule has 0 N–H and O–H groups in total. The first kappa shape index (κ1) is 13.5. The van der Waals surface area contributed by atoms with Crippen molar-refractivity contribution in [3.63, 3.8) is 0 Å². The Labute approximate surface area is 88.0 Å². The molecule has 2 heteroatoms. The maximum Gasteiger partial charge on any atom is 0.306 e.